The maximum Gasteiger partial charge on any atom is 0.234 e. The highest BCUT2D eigenvalue weighted by molar-refractivity contribution is 5.78. The molecule has 0 aliphatic carbocycles. The zero-order chi connectivity index (χ0) is 24.2. The Balaban J connectivity index is 1.11. The van der Waals surface area contributed by atoms with Crippen molar-refractivity contribution in [3.63, 3.8) is 0 Å². The molecule has 11 heteroatoms. The van der Waals surface area contributed by atoms with E-state index in [0.717, 1.165) is 54.1 Å². The van der Waals surface area contributed by atoms with E-state index >= 15 is 0 Å². The average Bonchev–Trinajstić information content (AvgIpc) is 3.49. The minimum atomic E-state index is 0.0751. The first kappa shape index (κ1) is 23.1. The summed E-state index contributed by atoms with van der Waals surface area (Å²) < 4.78 is 1.93. The molecule has 3 aromatic rings. The van der Waals surface area contributed by atoms with E-state index in [-0.39, 0.29) is 5.91 Å². The summed E-state index contributed by atoms with van der Waals surface area (Å²) in [6.45, 7) is 5.59. The van der Waals surface area contributed by atoms with E-state index in [1.807, 2.05) is 23.1 Å². The summed E-state index contributed by atoms with van der Waals surface area (Å²) in [7, 11) is 2.12. The van der Waals surface area contributed by atoms with Crippen molar-refractivity contribution in [1.29, 1.82) is 0 Å². The Labute approximate surface area is 204 Å². The number of piperazine rings is 1. The highest BCUT2D eigenvalue weighted by Gasteiger charge is 2.18. The summed E-state index contributed by atoms with van der Waals surface area (Å²) in [4.78, 5) is 21.1. The molecule has 2 aliphatic heterocycles. The molecule has 0 unspecified atom stereocenters. The number of pyridine rings is 1. The molecule has 6 N–H and O–H groups in total. The van der Waals surface area contributed by atoms with Crippen LogP contribution in [0.4, 0.5) is 17.3 Å². The highest BCUT2D eigenvalue weighted by Crippen LogP contribution is 2.30. The minimum absolute atomic E-state index is 0.0751. The molecule has 2 aromatic heterocycles. The van der Waals surface area contributed by atoms with Gasteiger partial charge in [-0.05, 0) is 35.4 Å². The van der Waals surface area contributed by atoms with Crippen molar-refractivity contribution in [3.05, 3.63) is 65.0 Å². The summed E-state index contributed by atoms with van der Waals surface area (Å²) >= 11 is 0. The summed E-state index contributed by atoms with van der Waals surface area (Å²) in [6, 6.07) is 10.2. The molecule has 0 bridgehead atoms. The van der Waals surface area contributed by atoms with E-state index in [1.54, 1.807) is 0 Å². The number of nitrogens with one attached hydrogen (secondary N) is 4. The zero-order valence-electron chi connectivity index (χ0n) is 19.9. The van der Waals surface area contributed by atoms with Crippen molar-refractivity contribution in [1.82, 2.24) is 35.4 Å². The number of carbonyl (C=O) groups excluding carboxylic acids is 1. The van der Waals surface area contributed by atoms with Gasteiger partial charge in [-0.25, -0.2) is 4.98 Å². The Bertz CT molecular complexity index is 1170. The van der Waals surface area contributed by atoms with Crippen LogP contribution in [0.1, 0.15) is 22.3 Å². The number of nitrogen functional groups attached to an aromatic ring is 1. The monoisotopic (exact) mass is 476 g/mol. The molecule has 0 radical (unpaired) electrons. The van der Waals surface area contributed by atoms with Crippen LogP contribution < -0.4 is 27.4 Å². The van der Waals surface area contributed by atoms with E-state index in [9.17, 15) is 4.79 Å². The molecule has 11 nitrogen and oxygen atoms in total. The second kappa shape index (κ2) is 10.3. The molecule has 0 atom stereocenters. The predicted octanol–water partition coefficient (Wildman–Crippen LogP) is 0.620. The van der Waals surface area contributed by atoms with Crippen molar-refractivity contribution in [3.8, 4) is 0 Å². The van der Waals surface area contributed by atoms with Gasteiger partial charge < -0.3 is 21.4 Å². The van der Waals surface area contributed by atoms with Crippen molar-refractivity contribution in [2.45, 2.75) is 19.5 Å². The number of carbonyl (C=O) groups is 1. The number of aromatic nitrogens is 3. The molecule has 184 valence electrons. The van der Waals surface area contributed by atoms with Gasteiger partial charge >= 0.3 is 0 Å². The smallest absolute Gasteiger partial charge is 0.234 e. The maximum atomic E-state index is 12.3. The number of likely N-dealkylation sites (N-methyl/N-ethyl adjacent to an activating group) is 1. The van der Waals surface area contributed by atoms with E-state index in [2.05, 4.69) is 72.9 Å². The maximum absolute atomic E-state index is 12.3. The summed E-state index contributed by atoms with van der Waals surface area (Å²) in [5.74, 6) is 1.24. The van der Waals surface area contributed by atoms with Gasteiger partial charge in [0.15, 0.2) is 5.82 Å². The third-order valence-electron chi connectivity index (χ3n) is 6.39. The van der Waals surface area contributed by atoms with E-state index in [1.165, 1.54) is 0 Å². The number of benzene rings is 1. The third-order valence-corrected chi connectivity index (χ3v) is 6.39. The van der Waals surface area contributed by atoms with Gasteiger partial charge in [0.05, 0.1) is 25.0 Å². The SMILES string of the molecule is CN1CCN(CC(=O)NCc2ccc(Cn3cc(Cc4cc(N)nc5c4NNN5)cn3)cc2)CC1. The molecule has 0 saturated carbocycles. The molecule has 1 aromatic carbocycles. The first-order chi connectivity index (χ1) is 17.0. The molecule has 1 fully saturated rings. The van der Waals surface area contributed by atoms with Crippen molar-refractivity contribution in [2.75, 3.05) is 56.4 Å². The largest absolute Gasteiger partial charge is 0.384 e. The number of nitrogens with zero attached hydrogens (tertiary/aromatic N) is 5. The van der Waals surface area contributed by atoms with Crippen molar-refractivity contribution < 1.29 is 4.79 Å². The zero-order valence-corrected chi connectivity index (χ0v) is 19.9. The van der Waals surface area contributed by atoms with Gasteiger partial charge in [-0.15, -0.1) is 5.53 Å². The van der Waals surface area contributed by atoms with Crippen LogP contribution in [-0.4, -0.2) is 70.2 Å². The molecular formula is C24H32N10O. The number of hydrazine groups is 2. The number of hydrogen-bond donors (Lipinski definition) is 5. The fourth-order valence-electron chi connectivity index (χ4n) is 4.36. The Hall–Kier alpha value is -3.67. The number of rotatable bonds is 8. The van der Waals surface area contributed by atoms with Crippen LogP contribution in [0.2, 0.25) is 0 Å². The topological polar surface area (TPSA) is 128 Å². The Kier molecular flexibility index (Phi) is 6.80. The van der Waals surface area contributed by atoms with Crippen LogP contribution in [-0.2, 0) is 24.3 Å². The molecule has 5 rings (SSSR count). The van der Waals surface area contributed by atoms with Crippen molar-refractivity contribution in [2.24, 2.45) is 0 Å². The van der Waals surface area contributed by atoms with Crippen LogP contribution in [0.25, 0.3) is 0 Å². The summed E-state index contributed by atoms with van der Waals surface area (Å²) in [5.41, 5.74) is 20.1. The number of anilines is 3. The summed E-state index contributed by atoms with van der Waals surface area (Å²) in [6.07, 6.45) is 4.62. The lowest BCUT2D eigenvalue weighted by atomic mass is 10.1. The first-order valence-corrected chi connectivity index (χ1v) is 11.8. The Morgan fingerprint density at radius 3 is 2.66 bits per heavy atom. The van der Waals surface area contributed by atoms with E-state index in [0.29, 0.717) is 37.7 Å². The molecule has 35 heavy (non-hydrogen) atoms. The van der Waals surface area contributed by atoms with Gasteiger partial charge in [0, 0.05) is 45.3 Å². The first-order valence-electron chi connectivity index (χ1n) is 11.8. The van der Waals surface area contributed by atoms with Gasteiger partial charge in [0.25, 0.3) is 0 Å². The Morgan fingerprint density at radius 1 is 1.09 bits per heavy atom. The fourth-order valence-corrected chi connectivity index (χ4v) is 4.36. The van der Waals surface area contributed by atoms with Crippen LogP contribution in [0.3, 0.4) is 0 Å². The van der Waals surface area contributed by atoms with Gasteiger partial charge in [0.2, 0.25) is 5.91 Å². The predicted molar refractivity (Wildman–Crippen MR) is 135 cm³/mol. The number of amides is 1. The van der Waals surface area contributed by atoms with Crippen LogP contribution in [0, 0.1) is 0 Å². The normalized spacial score (nSPS) is 15.9. The lowest BCUT2D eigenvalue weighted by Gasteiger charge is -2.31. The molecule has 1 saturated heterocycles. The number of fused-ring (bicyclic) bond motifs is 1. The lowest BCUT2D eigenvalue weighted by molar-refractivity contribution is -0.122. The number of nitrogens with two attached hydrogens (primary N) is 1. The van der Waals surface area contributed by atoms with E-state index in [4.69, 9.17) is 5.73 Å². The second-order valence-electron chi connectivity index (χ2n) is 9.20. The molecule has 2 aliphatic rings. The molecule has 1 amide bonds. The minimum Gasteiger partial charge on any atom is -0.384 e. The van der Waals surface area contributed by atoms with Gasteiger partial charge in [-0.3, -0.25) is 19.8 Å². The van der Waals surface area contributed by atoms with Crippen LogP contribution in [0.5, 0.6) is 0 Å². The summed E-state index contributed by atoms with van der Waals surface area (Å²) in [5, 5.41) is 7.55. The van der Waals surface area contributed by atoms with Crippen LogP contribution >= 0.6 is 0 Å². The van der Waals surface area contributed by atoms with Gasteiger partial charge in [-0.2, -0.15) is 5.10 Å². The van der Waals surface area contributed by atoms with Crippen LogP contribution in [0.15, 0.2) is 42.7 Å². The Morgan fingerprint density at radius 2 is 1.86 bits per heavy atom. The average molecular weight is 477 g/mol. The standard InChI is InChI=1S/C24H32N10O/c1-32-6-8-33(9-7-32)16-22(35)26-12-17-2-4-18(5-3-17)14-34-15-19(13-27-34)10-20-11-21(25)28-24-23(20)29-31-30-24/h2-5,11,13,15,29,31H,6-10,12,14,16H2,1H3,(H,26,35)(H3,25,28,30). The quantitative estimate of drug-likeness (QED) is 0.318. The molecular weight excluding hydrogens is 444 g/mol. The van der Waals surface area contributed by atoms with E-state index < -0.39 is 0 Å². The fraction of sp³-hybridized carbons (Fsp3) is 0.375. The molecule has 0 spiro atoms. The molecule has 4 heterocycles. The van der Waals surface area contributed by atoms with Gasteiger partial charge in [-0.1, -0.05) is 24.3 Å². The third kappa shape index (κ3) is 5.88. The second-order valence-corrected chi connectivity index (χ2v) is 9.20. The lowest BCUT2D eigenvalue weighted by Crippen LogP contribution is -2.48. The number of hydrogen-bond acceptors (Lipinski definition) is 9. The van der Waals surface area contributed by atoms with Gasteiger partial charge in [0.1, 0.15) is 5.82 Å². The van der Waals surface area contributed by atoms with Crippen molar-refractivity contribution >= 4 is 23.2 Å². The highest BCUT2D eigenvalue weighted by atomic mass is 16.2.